The van der Waals surface area contributed by atoms with Crippen molar-refractivity contribution in [2.45, 2.75) is 25.7 Å². The van der Waals surface area contributed by atoms with Crippen LogP contribution in [-0.4, -0.2) is 38.8 Å². The van der Waals surface area contributed by atoms with Gasteiger partial charge in [-0.25, -0.2) is 9.37 Å². The molecule has 1 saturated heterocycles. The number of hydrogen-bond acceptors (Lipinski definition) is 5. The molecule has 1 amide bonds. The Bertz CT molecular complexity index is 997. The van der Waals surface area contributed by atoms with E-state index in [1.54, 1.807) is 23.2 Å². The molecule has 4 rings (SSSR count). The maximum atomic E-state index is 13.4. The van der Waals surface area contributed by atoms with Crippen molar-refractivity contribution in [1.82, 2.24) is 19.9 Å². The molecule has 1 fully saturated rings. The third-order valence-corrected chi connectivity index (χ3v) is 5.01. The van der Waals surface area contributed by atoms with Crippen LogP contribution in [0.5, 0.6) is 0 Å². The van der Waals surface area contributed by atoms with Gasteiger partial charge in [-0.2, -0.15) is 0 Å². The molecule has 1 aliphatic heterocycles. The van der Waals surface area contributed by atoms with Gasteiger partial charge in [0, 0.05) is 30.6 Å². The summed E-state index contributed by atoms with van der Waals surface area (Å²) in [6, 6.07) is 6.29. The van der Waals surface area contributed by atoms with E-state index in [0.29, 0.717) is 29.9 Å². The zero-order valence-corrected chi connectivity index (χ0v) is 15.0. The van der Waals surface area contributed by atoms with Crippen LogP contribution in [0.25, 0.3) is 10.9 Å². The number of benzene rings is 1. The Kier molecular flexibility index (Phi) is 4.43. The van der Waals surface area contributed by atoms with Crippen molar-refractivity contribution in [2.24, 2.45) is 0 Å². The lowest BCUT2D eigenvalue weighted by atomic mass is 9.91. The number of aryl methyl sites for hydroxylation is 1. The van der Waals surface area contributed by atoms with E-state index in [2.05, 4.69) is 15.0 Å². The van der Waals surface area contributed by atoms with Gasteiger partial charge in [-0.05, 0) is 44.0 Å². The number of fused-ring (bicyclic) bond motifs is 1. The number of halogens is 1. The van der Waals surface area contributed by atoms with Crippen molar-refractivity contribution >= 4 is 22.5 Å². The molecule has 1 aromatic carbocycles. The first-order valence-corrected chi connectivity index (χ1v) is 8.95. The number of likely N-dealkylation sites (tertiary alicyclic amines) is 1. The van der Waals surface area contributed by atoms with Gasteiger partial charge in [0.2, 0.25) is 0 Å². The lowest BCUT2D eigenvalue weighted by Crippen LogP contribution is -2.38. The molecule has 138 valence electrons. The van der Waals surface area contributed by atoms with Crippen LogP contribution in [-0.2, 0) is 0 Å². The second-order valence-electron chi connectivity index (χ2n) is 6.91. The molecule has 7 heteroatoms. The van der Waals surface area contributed by atoms with Crippen molar-refractivity contribution in [3.63, 3.8) is 0 Å². The minimum Gasteiger partial charge on any atom is -0.397 e. The van der Waals surface area contributed by atoms with E-state index in [1.807, 2.05) is 6.92 Å². The number of nitrogen functional groups attached to an aromatic ring is 1. The van der Waals surface area contributed by atoms with Gasteiger partial charge >= 0.3 is 0 Å². The predicted molar refractivity (Wildman–Crippen MR) is 101 cm³/mol. The van der Waals surface area contributed by atoms with Crippen molar-refractivity contribution < 1.29 is 9.18 Å². The molecule has 0 radical (unpaired) electrons. The molecule has 27 heavy (non-hydrogen) atoms. The molecule has 2 aromatic heterocycles. The molecule has 0 spiro atoms. The number of pyridine rings is 1. The maximum Gasteiger partial charge on any atom is 0.274 e. The number of aromatic nitrogens is 3. The Morgan fingerprint density at radius 3 is 2.67 bits per heavy atom. The van der Waals surface area contributed by atoms with E-state index >= 15 is 0 Å². The first-order chi connectivity index (χ1) is 13.0. The summed E-state index contributed by atoms with van der Waals surface area (Å²) in [5, 5.41) is 0.696. The Morgan fingerprint density at radius 2 is 1.96 bits per heavy atom. The monoisotopic (exact) mass is 365 g/mol. The van der Waals surface area contributed by atoms with Crippen molar-refractivity contribution in [2.75, 3.05) is 18.8 Å². The zero-order chi connectivity index (χ0) is 19.0. The van der Waals surface area contributed by atoms with Crippen LogP contribution < -0.4 is 5.73 Å². The van der Waals surface area contributed by atoms with E-state index in [-0.39, 0.29) is 17.6 Å². The highest BCUT2D eigenvalue weighted by atomic mass is 19.1. The van der Waals surface area contributed by atoms with Crippen LogP contribution in [0.4, 0.5) is 10.1 Å². The number of carbonyl (C=O) groups excluding carboxylic acids is 1. The standard InChI is InChI=1S/C20H20FN5O/c1-12-10-24-18(11-23-12)20(27)26-6-4-13(5-7-26)19-16(22)9-14-8-15(21)2-3-17(14)25-19/h2-3,8-11,13H,4-7,22H2,1H3. The minimum atomic E-state index is -0.303. The van der Waals surface area contributed by atoms with Crippen LogP contribution in [0.15, 0.2) is 36.7 Å². The topological polar surface area (TPSA) is 85.0 Å². The fourth-order valence-electron chi connectivity index (χ4n) is 3.53. The van der Waals surface area contributed by atoms with Crippen LogP contribution in [0.3, 0.4) is 0 Å². The summed E-state index contributed by atoms with van der Waals surface area (Å²) >= 11 is 0. The molecule has 0 atom stereocenters. The number of carbonyl (C=O) groups is 1. The number of piperidine rings is 1. The van der Waals surface area contributed by atoms with Crippen molar-refractivity contribution in [1.29, 1.82) is 0 Å². The molecule has 0 unspecified atom stereocenters. The average Bonchev–Trinajstić information content (AvgIpc) is 2.67. The molecule has 2 N–H and O–H groups in total. The lowest BCUT2D eigenvalue weighted by Gasteiger charge is -2.32. The largest absolute Gasteiger partial charge is 0.397 e. The highest BCUT2D eigenvalue weighted by Crippen LogP contribution is 2.32. The van der Waals surface area contributed by atoms with E-state index < -0.39 is 0 Å². The number of rotatable bonds is 2. The number of nitrogens with two attached hydrogens (primary N) is 1. The van der Waals surface area contributed by atoms with Crippen LogP contribution in [0, 0.1) is 12.7 Å². The highest BCUT2D eigenvalue weighted by Gasteiger charge is 2.27. The van der Waals surface area contributed by atoms with Gasteiger partial charge in [0.15, 0.2) is 0 Å². The third kappa shape index (κ3) is 3.45. The Morgan fingerprint density at radius 1 is 1.19 bits per heavy atom. The summed E-state index contributed by atoms with van der Waals surface area (Å²) in [6.07, 6.45) is 4.66. The van der Waals surface area contributed by atoms with Crippen LogP contribution in [0.2, 0.25) is 0 Å². The normalized spacial score (nSPS) is 15.3. The highest BCUT2D eigenvalue weighted by molar-refractivity contribution is 5.92. The van der Waals surface area contributed by atoms with Gasteiger partial charge in [0.1, 0.15) is 11.5 Å². The summed E-state index contributed by atoms with van der Waals surface area (Å²) in [5.41, 5.74) is 9.46. The van der Waals surface area contributed by atoms with E-state index in [4.69, 9.17) is 5.73 Å². The first kappa shape index (κ1) is 17.3. The maximum absolute atomic E-state index is 13.4. The van der Waals surface area contributed by atoms with Gasteiger partial charge in [-0.1, -0.05) is 0 Å². The summed E-state index contributed by atoms with van der Waals surface area (Å²) in [7, 11) is 0. The molecule has 6 nitrogen and oxygen atoms in total. The fourth-order valence-corrected chi connectivity index (χ4v) is 3.53. The van der Waals surface area contributed by atoms with Gasteiger partial charge in [-0.3, -0.25) is 14.8 Å². The van der Waals surface area contributed by atoms with Crippen LogP contribution in [0.1, 0.15) is 40.6 Å². The van der Waals surface area contributed by atoms with E-state index in [9.17, 15) is 9.18 Å². The zero-order valence-electron chi connectivity index (χ0n) is 15.0. The van der Waals surface area contributed by atoms with Gasteiger partial charge in [0.05, 0.1) is 28.8 Å². The SMILES string of the molecule is Cc1cnc(C(=O)N2CCC(c3nc4ccc(F)cc4cc3N)CC2)cn1. The fraction of sp³-hybridized carbons (Fsp3) is 0.300. The molecule has 1 aliphatic rings. The number of anilines is 1. The molecule has 0 aliphatic carbocycles. The average molecular weight is 365 g/mol. The molecule has 0 saturated carbocycles. The first-order valence-electron chi connectivity index (χ1n) is 8.95. The second kappa shape index (κ2) is 6.90. The van der Waals surface area contributed by atoms with Crippen molar-refractivity contribution in [3.05, 3.63) is 59.6 Å². The smallest absolute Gasteiger partial charge is 0.274 e. The van der Waals surface area contributed by atoms with Gasteiger partial charge in [-0.15, -0.1) is 0 Å². The van der Waals surface area contributed by atoms with Crippen molar-refractivity contribution in [3.8, 4) is 0 Å². The summed E-state index contributed by atoms with van der Waals surface area (Å²) in [5.74, 6) is -0.231. The molecule has 3 aromatic rings. The summed E-state index contributed by atoms with van der Waals surface area (Å²) in [4.78, 5) is 27.3. The van der Waals surface area contributed by atoms with E-state index in [1.165, 1.54) is 18.3 Å². The Balaban J connectivity index is 1.50. The molecule has 3 heterocycles. The lowest BCUT2D eigenvalue weighted by molar-refractivity contribution is 0.0706. The predicted octanol–water partition coefficient (Wildman–Crippen LogP) is 3.07. The molecular weight excluding hydrogens is 345 g/mol. The number of nitrogens with zero attached hydrogens (tertiary/aromatic N) is 4. The van der Waals surface area contributed by atoms with E-state index in [0.717, 1.165) is 29.7 Å². The Labute approximate surface area is 156 Å². The summed E-state index contributed by atoms with van der Waals surface area (Å²) in [6.45, 7) is 3.06. The third-order valence-electron chi connectivity index (χ3n) is 5.01. The number of amides is 1. The number of hydrogen-bond donors (Lipinski definition) is 1. The van der Waals surface area contributed by atoms with Crippen LogP contribution >= 0.6 is 0 Å². The van der Waals surface area contributed by atoms with Gasteiger partial charge in [0.25, 0.3) is 5.91 Å². The molecular formula is C20H20FN5O. The summed E-state index contributed by atoms with van der Waals surface area (Å²) < 4.78 is 13.4. The second-order valence-corrected chi connectivity index (χ2v) is 6.91. The minimum absolute atomic E-state index is 0.101. The van der Waals surface area contributed by atoms with Gasteiger partial charge < -0.3 is 10.6 Å². The molecule has 0 bridgehead atoms. The Hall–Kier alpha value is -3.09. The quantitative estimate of drug-likeness (QED) is 0.754.